The predicted molar refractivity (Wildman–Crippen MR) is 88.3 cm³/mol. The van der Waals surface area contributed by atoms with E-state index in [2.05, 4.69) is 19.2 Å². The molecule has 4 nitrogen and oxygen atoms in total. The van der Waals surface area contributed by atoms with Gasteiger partial charge >= 0.3 is 0 Å². The van der Waals surface area contributed by atoms with Crippen LogP contribution in [0, 0.1) is 0 Å². The summed E-state index contributed by atoms with van der Waals surface area (Å²) in [5.74, 6) is -0.417. The van der Waals surface area contributed by atoms with Crippen LogP contribution in [0.5, 0.6) is 0 Å². The third kappa shape index (κ3) is 2.06. The fraction of sp³-hybridized carbons (Fsp3) is 0.333. The van der Waals surface area contributed by atoms with Crippen molar-refractivity contribution in [2.45, 2.75) is 39.8 Å². The van der Waals surface area contributed by atoms with E-state index < -0.39 is 0 Å². The van der Waals surface area contributed by atoms with Crippen LogP contribution < -0.4 is 5.32 Å². The first kappa shape index (κ1) is 14.6. The lowest BCUT2D eigenvalue weighted by molar-refractivity contribution is 0.0564. The Balaban J connectivity index is 2.29. The zero-order valence-corrected chi connectivity index (χ0v) is 13.3. The van der Waals surface area contributed by atoms with Crippen molar-refractivity contribution in [3.63, 3.8) is 0 Å². The first-order valence-electron chi connectivity index (χ1n) is 7.62. The topological polar surface area (TPSA) is 49.4 Å². The number of carbonyl (C=O) groups excluding carboxylic acids is 2. The van der Waals surface area contributed by atoms with Crippen molar-refractivity contribution in [3.8, 4) is 0 Å². The Bertz CT molecular complexity index is 756. The number of anilines is 1. The number of nitrogens with zero attached hydrogens (tertiary/aromatic N) is 1. The number of amides is 2. The standard InChI is InChI=1S/C18H20N2O2/c1-10(2)19-15-9-8-14-16-12(15)6-5-7-13(16)17(21)20(11(3)4)18(14)22/h5-11,19H,1-4H3. The second kappa shape index (κ2) is 5.13. The Kier molecular flexibility index (Phi) is 3.39. The van der Waals surface area contributed by atoms with E-state index in [0.29, 0.717) is 11.1 Å². The summed E-state index contributed by atoms with van der Waals surface area (Å²) >= 11 is 0. The third-order valence-corrected chi connectivity index (χ3v) is 3.90. The zero-order chi connectivity index (χ0) is 16.0. The molecule has 0 radical (unpaired) electrons. The molecule has 22 heavy (non-hydrogen) atoms. The van der Waals surface area contributed by atoms with Gasteiger partial charge in [0.15, 0.2) is 0 Å². The molecule has 1 aliphatic rings. The molecule has 0 bridgehead atoms. The summed E-state index contributed by atoms with van der Waals surface area (Å²) in [5, 5.41) is 5.07. The molecule has 0 saturated heterocycles. The van der Waals surface area contributed by atoms with Crippen LogP contribution >= 0.6 is 0 Å². The number of hydrogen-bond donors (Lipinski definition) is 1. The quantitative estimate of drug-likeness (QED) is 0.879. The van der Waals surface area contributed by atoms with Gasteiger partial charge in [-0.2, -0.15) is 0 Å². The highest BCUT2D eigenvalue weighted by Gasteiger charge is 2.34. The van der Waals surface area contributed by atoms with Gasteiger partial charge in [0, 0.05) is 39.7 Å². The van der Waals surface area contributed by atoms with Crippen molar-refractivity contribution < 1.29 is 9.59 Å². The number of imide groups is 1. The van der Waals surface area contributed by atoms with E-state index in [0.717, 1.165) is 16.5 Å². The van der Waals surface area contributed by atoms with Gasteiger partial charge in [-0.3, -0.25) is 14.5 Å². The van der Waals surface area contributed by atoms with E-state index in [4.69, 9.17) is 0 Å². The molecule has 0 spiro atoms. The van der Waals surface area contributed by atoms with Gasteiger partial charge in [-0.05, 0) is 45.9 Å². The van der Waals surface area contributed by atoms with Gasteiger partial charge in [-0.1, -0.05) is 12.1 Å². The van der Waals surface area contributed by atoms with E-state index in [1.54, 1.807) is 6.07 Å². The normalized spacial score (nSPS) is 14.4. The second-order valence-corrected chi connectivity index (χ2v) is 6.26. The summed E-state index contributed by atoms with van der Waals surface area (Å²) in [5.41, 5.74) is 2.16. The molecule has 0 fully saturated rings. The maximum Gasteiger partial charge on any atom is 0.261 e. The zero-order valence-electron chi connectivity index (χ0n) is 13.3. The van der Waals surface area contributed by atoms with Gasteiger partial charge in [0.1, 0.15) is 0 Å². The van der Waals surface area contributed by atoms with E-state index in [1.807, 2.05) is 38.1 Å². The minimum absolute atomic E-state index is 0.156. The molecular formula is C18H20N2O2. The molecule has 114 valence electrons. The number of hydrogen-bond acceptors (Lipinski definition) is 3. The molecule has 0 unspecified atom stereocenters. The van der Waals surface area contributed by atoms with Crippen molar-refractivity contribution in [2.75, 3.05) is 5.32 Å². The number of rotatable bonds is 3. The Hall–Kier alpha value is -2.36. The Morgan fingerprint density at radius 3 is 2.14 bits per heavy atom. The van der Waals surface area contributed by atoms with Crippen LogP contribution in [0.2, 0.25) is 0 Å². The number of benzene rings is 2. The van der Waals surface area contributed by atoms with Crippen LogP contribution in [0.15, 0.2) is 30.3 Å². The van der Waals surface area contributed by atoms with Crippen LogP contribution in [-0.4, -0.2) is 28.8 Å². The molecular weight excluding hydrogens is 276 g/mol. The molecule has 0 saturated carbocycles. The second-order valence-electron chi connectivity index (χ2n) is 6.26. The van der Waals surface area contributed by atoms with Crippen LogP contribution in [0.3, 0.4) is 0 Å². The summed E-state index contributed by atoms with van der Waals surface area (Å²) in [6, 6.07) is 9.50. The van der Waals surface area contributed by atoms with Gasteiger partial charge in [0.25, 0.3) is 11.8 Å². The molecule has 2 aromatic rings. The highest BCUT2D eigenvalue weighted by atomic mass is 16.2. The monoisotopic (exact) mass is 296 g/mol. The van der Waals surface area contributed by atoms with Crippen molar-refractivity contribution in [3.05, 3.63) is 41.5 Å². The van der Waals surface area contributed by atoms with Crippen LogP contribution in [0.4, 0.5) is 5.69 Å². The molecule has 0 atom stereocenters. The van der Waals surface area contributed by atoms with Crippen molar-refractivity contribution in [1.29, 1.82) is 0 Å². The van der Waals surface area contributed by atoms with Crippen molar-refractivity contribution >= 4 is 28.3 Å². The summed E-state index contributed by atoms with van der Waals surface area (Å²) in [7, 11) is 0. The Labute approximate surface area is 130 Å². The van der Waals surface area contributed by atoms with Crippen LogP contribution in [-0.2, 0) is 0 Å². The van der Waals surface area contributed by atoms with E-state index in [-0.39, 0.29) is 23.9 Å². The molecule has 1 heterocycles. The van der Waals surface area contributed by atoms with Gasteiger partial charge in [0.2, 0.25) is 0 Å². The van der Waals surface area contributed by atoms with E-state index in [1.165, 1.54) is 4.90 Å². The molecule has 1 N–H and O–H groups in total. The lowest BCUT2D eigenvalue weighted by Crippen LogP contribution is -2.44. The fourth-order valence-corrected chi connectivity index (χ4v) is 3.02. The Morgan fingerprint density at radius 2 is 1.55 bits per heavy atom. The molecule has 2 aromatic carbocycles. The average molecular weight is 296 g/mol. The lowest BCUT2D eigenvalue weighted by atomic mass is 9.92. The lowest BCUT2D eigenvalue weighted by Gasteiger charge is -2.30. The highest BCUT2D eigenvalue weighted by Crippen LogP contribution is 2.35. The van der Waals surface area contributed by atoms with Gasteiger partial charge in [-0.15, -0.1) is 0 Å². The molecule has 0 aliphatic carbocycles. The third-order valence-electron chi connectivity index (χ3n) is 3.90. The van der Waals surface area contributed by atoms with Gasteiger partial charge in [0.05, 0.1) is 0 Å². The smallest absolute Gasteiger partial charge is 0.261 e. The van der Waals surface area contributed by atoms with Gasteiger partial charge < -0.3 is 5.32 Å². The molecule has 0 aromatic heterocycles. The summed E-state index contributed by atoms with van der Waals surface area (Å²) in [6.45, 7) is 7.84. The maximum absolute atomic E-state index is 12.7. The first-order chi connectivity index (χ1) is 10.4. The van der Waals surface area contributed by atoms with Crippen LogP contribution in [0.1, 0.15) is 48.4 Å². The fourth-order valence-electron chi connectivity index (χ4n) is 3.02. The van der Waals surface area contributed by atoms with Gasteiger partial charge in [-0.25, -0.2) is 0 Å². The number of nitrogens with one attached hydrogen (secondary N) is 1. The van der Waals surface area contributed by atoms with Crippen molar-refractivity contribution in [2.24, 2.45) is 0 Å². The van der Waals surface area contributed by atoms with E-state index in [9.17, 15) is 9.59 Å². The minimum atomic E-state index is -0.209. The van der Waals surface area contributed by atoms with E-state index >= 15 is 0 Å². The maximum atomic E-state index is 12.7. The minimum Gasteiger partial charge on any atom is -0.382 e. The summed E-state index contributed by atoms with van der Waals surface area (Å²) in [4.78, 5) is 26.7. The summed E-state index contributed by atoms with van der Waals surface area (Å²) < 4.78 is 0. The number of carbonyl (C=O) groups is 2. The summed E-state index contributed by atoms with van der Waals surface area (Å²) in [6.07, 6.45) is 0. The largest absolute Gasteiger partial charge is 0.382 e. The van der Waals surface area contributed by atoms with Crippen molar-refractivity contribution in [1.82, 2.24) is 4.90 Å². The highest BCUT2D eigenvalue weighted by molar-refractivity contribution is 6.26. The molecule has 2 amide bonds. The molecule has 3 rings (SSSR count). The average Bonchev–Trinajstić information content (AvgIpc) is 2.45. The SMILES string of the molecule is CC(C)Nc1ccc2c3c(cccc13)C(=O)N(C(C)C)C2=O. The Morgan fingerprint density at radius 1 is 0.909 bits per heavy atom. The van der Waals surface area contributed by atoms with Crippen LogP contribution in [0.25, 0.3) is 10.8 Å². The predicted octanol–water partition coefficient (Wildman–Crippen LogP) is 3.66. The first-order valence-corrected chi connectivity index (χ1v) is 7.62. The molecule has 1 aliphatic heterocycles. The molecule has 4 heteroatoms.